The van der Waals surface area contributed by atoms with Crippen LogP contribution in [0.4, 0.5) is 0 Å². The molecule has 0 spiro atoms. The van der Waals surface area contributed by atoms with Crippen molar-refractivity contribution in [2.24, 2.45) is 11.8 Å². The minimum atomic E-state index is 0.878. The first kappa shape index (κ1) is 5.72. The topological polar surface area (TPSA) is 12.0 Å². The molecule has 0 unspecified atom stereocenters. The van der Waals surface area contributed by atoms with Crippen molar-refractivity contribution in [2.75, 3.05) is 7.05 Å². The van der Waals surface area contributed by atoms with Crippen molar-refractivity contribution in [3.63, 3.8) is 0 Å². The van der Waals surface area contributed by atoms with Gasteiger partial charge in [0, 0.05) is 6.04 Å². The van der Waals surface area contributed by atoms with Gasteiger partial charge in [-0.25, -0.2) is 0 Å². The number of rotatable bonds is 1. The maximum absolute atomic E-state index is 3.40. The van der Waals surface area contributed by atoms with Crippen molar-refractivity contribution in [3.8, 4) is 0 Å². The second-order valence-corrected chi connectivity index (χ2v) is 3.57. The number of fused-ring (bicyclic) bond motifs is 2. The van der Waals surface area contributed by atoms with E-state index in [-0.39, 0.29) is 0 Å². The quantitative estimate of drug-likeness (QED) is 0.558. The Kier molecular flexibility index (Phi) is 1.26. The second kappa shape index (κ2) is 1.98. The first-order chi connectivity index (χ1) is 4.40. The Morgan fingerprint density at radius 3 is 2.44 bits per heavy atom. The molecule has 0 aromatic heterocycles. The van der Waals surface area contributed by atoms with Crippen LogP contribution < -0.4 is 5.32 Å². The van der Waals surface area contributed by atoms with Crippen molar-refractivity contribution in [2.45, 2.75) is 31.7 Å². The average Bonchev–Trinajstić information content (AvgIpc) is 2.45. The molecule has 9 heavy (non-hydrogen) atoms. The van der Waals surface area contributed by atoms with Gasteiger partial charge in [-0.1, -0.05) is 6.42 Å². The number of hydrogen-bond donors (Lipinski definition) is 1. The lowest BCUT2D eigenvalue weighted by atomic mass is 9.96. The molecule has 0 aromatic rings. The zero-order valence-electron chi connectivity index (χ0n) is 6.06. The van der Waals surface area contributed by atoms with Crippen LogP contribution in [-0.2, 0) is 0 Å². The molecule has 0 aliphatic heterocycles. The maximum atomic E-state index is 3.40. The summed E-state index contributed by atoms with van der Waals surface area (Å²) in [6, 6.07) is 0.878. The zero-order valence-corrected chi connectivity index (χ0v) is 6.06. The highest BCUT2D eigenvalue weighted by Crippen LogP contribution is 2.44. The molecule has 0 saturated heterocycles. The normalized spacial score (nSPS) is 48.3. The summed E-state index contributed by atoms with van der Waals surface area (Å²) in [4.78, 5) is 0. The summed E-state index contributed by atoms with van der Waals surface area (Å²) in [7, 11) is 2.10. The fourth-order valence-electron chi connectivity index (χ4n) is 2.60. The lowest BCUT2D eigenvalue weighted by molar-refractivity contribution is 0.372. The molecule has 52 valence electrons. The van der Waals surface area contributed by atoms with E-state index in [4.69, 9.17) is 0 Å². The molecule has 2 rings (SSSR count). The van der Waals surface area contributed by atoms with Crippen LogP contribution >= 0.6 is 0 Å². The first-order valence-corrected chi connectivity index (χ1v) is 4.07. The fraction of sp³-hybridized carbons (Fsp3) is 1.00. The van der Waals surface area contributed by atoms with E-state index in [1.54, 1.807) is 0 Å². The van der Waals surface area contributed by atoms with Crippen LogP contribution in [0.25, 0.3) is 0 Å². The van der Waals surface area contributed by atoms with E-state index < -0.39 is 0 Å². The van der Waals surface area contributed by atoms with E-state index in [2.05, 4.69) is 12.4 Å². The summed E-state index contributed by atoms with van der Waals surface area (Å²) in [5.41, 5.74) is 0. The Hall–Kier alpha value is -0.0400. The van der Waals surface area contributed by atoms with Crippen LogP contribution in [-0.4, -0.2) is 13.1 Å². The molecule has 2 fully saturated rings. The van der Waals surface area contributed by atoms with Crippen LogP contribution in [0.2, 0.25) is 0 Å². The third-order valence-electron chi connectivity index (χ3n) is 3.11. The molecule has 1 heteroatoms. The van der Waals surface area contributed by atoms with Crippen molar-refractivity contribution in [1.29, 1.82) is 0 Å². The molecule has 2 saturated carbocycles. The summed E-state index contributed by atoms with van der Waals surface area (Å²) in [5.74, 6) is 2.13. The molecule has 2 bridgehead atoms. The number of nitrogens with one attached hydrogen (secondary N) is 1. The highest BCUT2D eigenvalue weighted by Gasteiger charge is 2.38. The van der Waals surface area contributed by atoms with E-state index in [0.29, 0.717) is 0 Å². The van der Waals surface area contributed by atoms with Gasteiger partial charge in [-0.2, -0.15) is 0 Å². The van der Waals surface area contributed by atoms with Gasteiger partial charge in [0.1, 0.15) is 0 Å². The molecular formula is C8H15N. The molecular weight excluding hydrogens is 110 g/mol. The molecule has 2 aliphatic carbocycles. The summed E-state index contributed by atoms with van der Waals surface area (Å²) >= 11 is 0. The van der Waals surface area contributed by atoms with Gasteiger partial charge in [0.2, 0.25) is 0 Å². The third kappa shape index (κ3) is 0.787. The van der Waals surface area contributed by atoms with Crippen LogP contribution in [0.15, 0.2) is 0 Å². The third-order valence-corrected chi connectivity index (χ3v) is 3.11. The van der Waals surface area contributed by atoms with E-state index >= 15 is 0 Å². The summed E-state index contributed by atoms with van der Waals surface area (Å²) in [5, 5.41) is 3.40. The van der Waals surface area contributed by atoms with Crippen LogP contribution in [0, 0.1) is 11.8 Å². The summed E-state index contributed by atoms with van der Waals surface area (Å²) in [6.07, 6.45) is 5.99. The molecule has 3 atom stereocenters. The first-order valence-electron chi connectivity index (χ1n) is 4.07. The second-order valence-electron chi connectivity index (χ2n) is 3.57. The highest BCUT2D eigenvalue weighted by atomic mass is 14.9. The molecule has 1 nitrogen and oxygen atoms in total. The Balaban J connectivity index is 2.01. The Bertz CT molecular complexity index is 111. The van der Waals surface area contributed by atoms with E-state index in [9.17, 15) is 0 Å². The van der Waals surface area contributed by atoms with Gasteiger partial charge in [-0.05, 0) is 38.1 Å². The summed E-state index contributed by atoms with van der Waals surface area (Å²) < 4.78 is 0. The van der Waals surface area contributed by atoms with E-state index in [1.165, 1.54) is 25.7 Å². The predicted molar refractivity (Wildman–Crippen MR) is 38.3 cm³/mol. The SMILES string of the molecule is CN[C@H]1C[C@H]2CC[C@@H]1C2. The van der Waals surface area contributed by atoms with Gasteiger partial charge in [-0.3, -0.25) is 0 Å². The van der Waals surface area contributed by atoms with Gasteiger partial charge in [0.25, 0.3) is 0 Å². The van der Waals surface area contributed by atoms with Crippen molar-refractivity contribution >= 4 is 0 Å². The van der Waals surface area contributed by atoms with Crippen LogP contribution in [0.1, 0.15) is 25.7 Å². The van der Waals surface area contributed by atoms with Crippen molar-refractivity contribution in [1.82, 2.24) is 5.32 Å². The molecule has 2 aliphatic rings. The standard InChI is InChI=1S/C8H15N/c1-9-8-5-6-2-3-7(8)4-6/h6-9H,2-5H2,1H3/t6-,7+,8-/m0/s1. The fourth-order valence-corrected chi connectivity index (χ4v) is 2.60. The minimum Gasteiger partial charge on any atom is -0.317 e. The maximum Gasteiger partial charge on any atom is 0.00950 e. The van der Waals surface area contributed by atoms with Crippen molar-refractivity contribution in [3.05, 3.63) is 0 Å². The largest absolute Gasteiger partial charge is 0.317 e. The summed E-state index contributed by atoms with van der Waals surface area (Å²) in [6.45, 7) is 0. The predicted octanol–water partition coefficient (Wildman–Crippen LogP) is 1.39. The van der Waals surface area contributed by atoms with Crippen LogP contribution in [0.3, 0.4) is 0 Å². The van der Waals surface area contributed by atoms with Gasteiger partial charge < -0.3 is 5.32 Å². The van der Waals surface area contributed by atoms with Gasteiger partial charge in [0.15, 0.2) is 0 Å². The molecule has 0 heterocycles. The molecule has 0 aromatic carbocycles. The molecule has 0 radical (unpaired) electrons. The molecule has 1 N–H and O–H groups in total. The zero-order chi connectivity index (χ0) is 6.27. The Morgan fingerprint density at radius 1 is 1.22 bits per heavy atom. The van der Waals surface area contributed by atoms with Gasteiger partial charge in [0.05, 0.1) is 0 Å². The monoisotopic (exact) mass is 125 g/mol. The van der Waals surface area contributed by atoms with Crippen LogP contribution in [0.5, 0.6) is 0 Å². The molecule has 0 amide bonds. The minimum absolute atomic E-state index is 0.878. The Labute approximate surface area is 56.8 Å². The average molecular weight is 125 g/mol. The smallest absolute Gasteiger partial charge is 0.00950 e. The van der Waals surface area contributed by atoms with E-state index in [1.807, 2.05) is 0 Å². The lowest BCUT2D eigenvalue weighted by Gasteiger charge is -2.20. The highest BCUT2D eigenvalue weighted by molar-refractivity contribution is 4.93. The Morgan fingerprint density at radius 2 is 2.11 bits per heavy atom. The van der Waals surface area contributed by atoms with Gasteiger partial charge in [-0.15, -0.1) is 0 Å². The van der Waals surface area contributed by atoms with E-state index in [0.717, 1.165) is 17.9 Å². The number of hydrogen-bond acceptors (Lipinski definition) is 1. The van der Waals surface area contributed by atoms with Gasteiger partial charge >= 0.3 is 0 Å². The lowest BCUT2D eigenvalue weighted by Crippen LogP contribution is -2.30. The van der Waals surface area contributed by atoms with Crippen molar-refractivity contribution < 1.29 is 0 Å².